The van der Waals surface area contributed by atoms with Gasteiger partial charge in [-0.1, -0.05) is 45.4 Å². The summed E-state index contributed by atoms with van der Waals surface area (Å²) in [5.41, 5.74) is 6.74. The number of hydrogen-bond acceptors (Lipinski definition) is 7. The first-order chi connectivity index (χ1) is 15.7. The van der Waals surface area contributed by atoms with Crippen molar-refractivity contribution in [2.24, 2.45) is 0 Å². The van der Waals surface area contributed by atoms with Crippen molar-refractivity contribution in [1.82, 2.24) is 20.2 Å². The molecule has 0 saturated heterocycles. The Morgan fingerprint density at radius 3 is 2.64 bits per heavy atom. The van der Waals surface area contributed by atoms with Crippen molar-refractivity contribution >= 4 is 32.9 Å². The smallest absolute Gasteiger partial charge is 0.419 e. The number of nitrogens with one attached hydrogen (secondary N) is 1. The van der Waals surface area contributed by atoms with Gasteiger partial charge in [0.05, 0.1) is 23.9 Å². The van der Waals surface area contributed by atoms with Crippen LogP contribution in [0.5, 0.6) is 0 Å². The van der Waals surface area contributed by atoms with Gasteiger partial charge in [-0.2, -0.15) is 10.5 Å². The fourth-order valence-electron chi connectivity index (χ4n) is 4.03. The van der Waals surface area contributed by atoms with Crippen LogP contribution in [0.2, 0.25) is 0 Å². The summed E-state index contributed by atoms with van der Waals surface area (Å²) in [5.74, 6) is 1.04. The van der Waals surface area contributed by atoms with Gasteiger partial charge in [-0.05, 0) is 44.5 Å². The van der Waals surface area contributed by atoms with Crippen LogP contribution in [-0.4, -0.2) is 26.4 Å². The van der Waals surface area contributed by atoms with Gasteiger partial charge in [0.2, 0.25) is 11.7 Å². The summed E-state index contributed by atoms with van der Waals surface area (Å²) in [7, 11) is 0. The van der Waals surface area contributed by atoms with E-state index in [0.717, 1.165) is 37.8 Å². The molecular formula is C24H23BrN4O4. The van der Waals surface area contributed by atoms with Crippen LogP contribution in [0.1, 0.15) is 49.5 Å². The van der Waals surface area contributed by atoms with Crippen LogP contribution in [0.15, 0.2) is 51.5 Å². The van der Waals surface area contributed by atoms with E-state index in [-0.39, 0.29) is 6.04 Å². The molecule has 0 bridgehead atoms. The van der Waals surface area contributed by atoms with E-state index in [1.54, 1.807) is 11.5 Å². The molecule has 170 valence electrons. The van der Waals surface area contributed by atoms with Crippen molar-refractivity contribution in [1.29, 1.82) is 0 Å². The number of nitrogens with zero attached hydrogens (tertiary/aromatic N) is 3. The Morgan fingerprint density at radius 2 is 1.97 bits per heavy atom. The molecule has 1 N–H and O–H groups in total. The number of carbonyl (C=O) groups is 1. The average Bonchev–Trinajstić information content (AvgIpc) is 3.34. The molecule has 0 aliphatic carbocycles. The molecule has 0 spiro atoms. The van der Waals surface area contributed by atoms with Crippen molar-refractivity contribution in [2.75, 3.05) is 0 Å². The van der Waals surface area contributed by atoms with Gasteiger partial charge >= 0.3 is 6.09 Å². The van der Waals surface area contributed by atoms with E-state index in [0.29, 0.717) is 18.3 Å². The van der Waals surface area contributed by atoms with Gasteiger partial charge in [0.25, 0.3) is 0 Å². The molecule has 0 fully saturated rings. The average molecular weight is 511 g/mol. The van der Waals surface area contributed by atoms with Crippen LogP contribution in [0.4, 0.5) is 4.79 Å². The van der Waals surface area contributed by atoms with Gasteiger partial charge in [0.1, 0.15) is 5.60 Å². The minimum Gasteiger partial charge on any atom is -0.443 e. The molecule has 0 amide bonds. The van der Waals surface area contributed by atoms with Crippen molar-refractivity contribution in [3.05, 3.63) is 69.6 Å². The molecule has 1 aliphatic rings. The Kier molecular flexibility index (Phi) is 5.35. The fourth-order valence-corrected chi connectivity index (χ4v) is 4.39. The maximum absolute atomic E-state index is 13.3. The largest absolute Gasteiger partial charge is 0.443 e. The summed E-state index contributed by atoms with van der Waals surface area (Å²) in [4.78, 5) is 23.4. The first-order valence-electron chi connectivity index (χ1n) is 10.6. The third-order valence-electron chi connectivity index (χ3n) is 5.37. The van der Waals surface area contributed by atoms with Crippen LogP contribution < -0.4 is 5.48 Å². The lowest BCUT2D eigenvalue weighted by Crippen LogP contribution is -2.34. The van der Waals surface area contributed by atoms with E-state index >= 15 is 0 Å². The van der Waals surface area contributed by atoms with Gasteiger partial charge < -0.3 is 9.26 Å². The Morgan fingerprint density at radius 1 is 1.21 bits per heavy atom. The molecule has 1 aliphatic heterocycles. The van der Waals surface area contributed by atoms with Gasteiger partial charge in [0, 0.05) is 27.9 Å². The first kappa shape index (κ1) is 21.8. The van der Waals surface area contributed by atoms with Crippen molar-refractivity contribution in [3.8, 4) is 11.4 Å². The third kappa shape index (κ3) is 4.07. The number of hydroxylamine groups is 1. The normalized spacial score (nSPS) is 16.1. The second kappa shape index (κ2) is 8.09. The summed E-state index contributed by atoms with van der Waals surface area (Å²) in [6, 6.07) is 13.2. The Balaban J connectivity index is 1.63. The minimum atomic E-state index is -0.631. The summed E-state index contributed by atoms with van der Waals surface area (Å²) in [5, 5.41) is 4.92. The van der Waals surface area contributed by atoms with E-state index in [9.17, 15) is 4.79 Å². The second-order valence-corrected chi connectivity index (χ2v) is 9.86. The number of ether oxygens (including phenoxy) is 1. The molecule has 2 aromatic heterocycles. The Hall–Kier alpha value is -3.01. The SMILES string of the molecule is Cc1nc(-c2ccc(C3NOCc4c3n(C(=O)OC(C)(C)C)c3ccc(Br)cc43)cc2)no1. The van der Waals surface area contributed by atoms with Crippen molar-refractivity contribution in [2.45, 2.75) is 45.9 Å². The third-order valence-corrected chi connectivity index (χ3v) is 5.86. The molecule has 1 unspecified atom stereocenters. The number of carbonyl (C=O) groups excluding carboxylic acids is 1. The molecule has 2 aromatic carbocycles. The molecule has 0 radical (unpaired) electrons. The van der Waals surface area contributed by atoms with Crippen molar-refractivity contribution in [3.63, 3.8) is 0 Å². The molecular weight excluding hydrogens is 488 g/mol. The lowest BCUT2D eigenvalue weighted by atomic mass is 9.98. The monoisotopic (exact) mass is 510 g/mol. The highest BCUT2D eigenvalue weighted by Crippen LogP contribution is 2.38. The number of aryl methyl sites for hydroxylation is 1. The van der Waals surface area contributed by atoms with E-state index in [4.69, 9.17) is 14.1 Å². The minimum absolute atomic E-state index is 0.328. The number of aromatic nitrogens is 3. The highest BCUT2D eigenvalue weighted by molar-refractivity contribution is 9.10. The maximum atomic E-state index is 13.3. The van der Waals surface area contributed by atoms with E-state index in [1.165, 1.54) is 0 Å². The maximum Gasteiger partial charge on any atom is 0.419 e. The lowest BCUT2D eigenvalue weighted by molar-refractivity contribution is -0.00429. The standard InChI is InChI=1S/C24H23BrN4O4/c1-13-26-22(28-33-13)15-7-5-14(6-8-15)20-21-18(12-31-27-20)17-11-16(25)9-10-19(17)29(21)23(30)32-24(2,3)4/h5-11,20,27H,12H2,1-4H3. The predicted molar refractivity (Wildman–Crippen MR) is 126 cm³/mol. The van der Waals surface area contributed by atoms with E-state index in [2.05, 4.69) is 31.6 Å². The van der Waals surface area contributed by atoms with Gasteiger partial charge in [-0.25, -0.2) is 9.36 Å². The van der Waals surface area contributed by atoms with Crippen LogP contribution in [0, 0.1) is 6.92 Å². The second-order valence-electron chi connectivity index (χ2n) is 8.94. The van der Waals surface area contributed by atoms with Gasteiger partial charge in [-0.15, -0.1) is 0 Å². The summed E-state index contributed by atoms with van der Waals surface area (Å²) in [6.45, 7) is 7.66. The summed E-state index contributed by atoms with van der Waals surface area (Å²) in [6.07, 6.45) is -0.427. The van der Waals surface area contributed by atoms with E-state index in [1.807, 2.05) is 63.2 Å². The number of rotatable bonds is 2. The molecule has 3 heterocycles. The zero-order valence-electron chi connectivity index (χ0n) is 18.7. The number of halogens is 1. The number of benzene rings is 2. The Bertz CT molecular complexity index is 1350. The number of hydrogen-bond donors (Lipinski definition) is 1. The molecule has 5 rings (SSSR count). The van der Waals surface area contributed by atoms with Crippen molar-refractivity contribution < 1.29 is 18.9 Å². The number of fused-ring (bicyclic) bond motifs is 3. The highest BCUT2D eigenvalue weighted by atomic mass is 79.9. The molecule has 4 aromatic rings. The van der Waals surface area contributed by atoms with Crippen LogP contribution in [-0.2, 0) is 16.2 Å². The quantitative estimate of drug-likeness (QED) is 0.371. The van der Waals surface area contributed by atoms with Gasteiger partial charge in [0.15, 0.2) is 0 Å². The predicted octanol–water partition coefficient (Wildman–Crippen LogP) is 5.67. The van der Waals surface area contributed by atoms with Crippen LogP contribution in [0.3, 0.4) is 0 Å². The molecule has 33 heavy (non-hydrogen) atoms. The molecule has 1 atom stereocenters. The fraction of sp³-hybridized carbons (Fsp3) is 0.292. The molecule has 8 nitrogen and oxygen atoms in total. The summed E-state index contributed by atoms with van der Waals surface area (Å²) >= 11 is 3.55. The molecule has 0 saturated carbocycles. The first-order valence-corrected chi connectivity index (χ1v) is 11.3. The van der Waals surface area contributed by atoms with Gasteiger partial charge in [-0.3, -0.25) is 4.84 Å². The van der Waals surface area contributed by atoms with Crippen LogP contribution in [0.25, 0.3) is 22.3 Å². The summed E-state index contributed by atoms with van der Waals surface area (Å²) < 4.78 is 13.4. The zero-order valence-corrected chi connectivity index (χ0v) is 20.3. The molecule has 9 heteroatoms. The Labute approximate surface area is 199 Å². The van der Waals surface area contributed by atoms with Crippen LogP contribution >= 0.6 is 15.9 Å². The highest BCUT2D eigenvalue weighted by Gasteiger charge is 2.33. The van der Waals surface area contributed by atoms with E-state index < -0.39 is 11.7 Å². The zero-order chi connectivity index (χ0) is 23.3. The topological polar surface area (TPSA) is 91.4 Å². The lowest BCUT2D eigenvalue weighted by Gasteiger charge is -2.27.